The van der Waals surface area contributed by atoms with Crippen molar-refractivity contribution in [2.45, 2.75) is 37.6 Å². The molecule has 176 valence electrons. The van der Waals surface area contributed by atoms with Gasteiger partial charge >= 0.3 is 12.2 Å². The SMILES string of the molecule is O=C1CO[C@H]2CCN(C(=O)N3CCC(COc4ccc(F)cc4C(F)(F)F)CC3)C[C@H]2N1. The van der Waals surface area contributed by atoms with Crippen molar-refractivity contribution in [2.24, 2.45) is 5.92 Å². The quantitative estimate of drug-likeness (QED) is 0.706. The zero-order chi connectivity index (χ0) is 22.9. The molecule has 3 heterocycles. The number of hydrogen-bond donors (Lipinski definition) is 1. The highest BCUT2D eigenvalue weighted by Gasteiger charge is 2.38. The molecule has 0 bridgehead atoms. The van der Waals surface area contributed by atoms with Crippen LogP contribution in [0.1, 0.15) is 24.8 Å². The molecule has 3 saturated heterocycles. The van der Waals surface area contributed by atoms with E-state index in [4.69, 9.17) is 9.47 Å². The van der Waals surface area contributed by atoms with E-state index < -0.39 is 23.3 Å². The molecule has 0 radical (unpaired) electrons. The van der Waals surface area contributed by atoms with Crippen LogP contribution in [0.5, 0.6) is 5.75 Å². The minimum atomic E-state index is -4.70. The summed E-state index contributed by atoms with van der Waals surface area (Å²) in [5.41, 5.74) is -1.13. The first-order valence-electron chi connectivity index (χ1n) is 10.6. The Hall–Kier alpha value is -2.56. The van der Waals surface area contributed by atoms with Gasteiger partial charge in [0.15, 0.2) is 0 Å². The maximum atomic E-state index is 13.2. The van der Waals surface area contributed by atoms with E-state index >= 15 is 0 Å². The maximum absolute atomic E-state index is 13.2. The van der Waals surface area contributed by atoms with E-state index in [0.29, 0.717) is 51.5 Å². The number of morpholine rings is 1. The van der Waals surface area contributed by atoms with Crippen LogP contribution in [0.15, 0.2) is 18.2 Å². The Morgan fingerprint density at radius 1 is 1.16 bits per heavy atom. The Morgan fingerprint density at radius 3 is 2.59 bits per heavy atom. The summed E-state index contributed by atoms with van der Waals surface area (Å²) in [6.45, 7) is 1.99. The Morgan fingerprint density at radius 2 is 1.88 bits per heavy atom. The summed E-state index contributed by atoms with van der Waals surface area (Å²) in [5, 5.41) is 2.87. The van der Waals surface area contributed by atoms with Crippen LogP contribution >= 0.6 is 0 Å². The molecule has 3 aliphatic heterocycles. The highest BCUT2D eigenvalue weighted by molar-refractivity contribution is 5.79. The topological polar surface area (TPSA) is 71.1 Å². The lowest BCUT2D eigenvalue weighted by Gasteiger charge is -2.43. The molecule has 7 nitrogen and oxygen atoms in total. The molecule has 4 rings (SSSR count). The third kappa shape index (κ3) is 5.08. The Bertz CT molecular complexity index is 858. The van der Waals surface area contributed by atoms with Crippen LogP contribution in [0.3, 0.4) is 0 Å². The van der Waals surface area contributed by atoms with Gasteiger partial charge in [0, 0.05) is 26.2 Å². The summed E-state index contributed by atoms with van der Waals surface area (Å²) in [6, 6.07) is 2.04. The van der Waals surface area contributed by atoms with Crippen molar-refractivity contribution in [1.82, 2.24) is 15.1 Å². The van der Waals surface area contributed by atoms with Crippen molar-refractivity contribution in [3.8, 4) is 5.75 Å². The number of piperidine rings is 2. The molecule has 3 aliphatic rings. The van der Waals surface area contributed by atoms with E-state index in [9.17, 15) is 27.2 Å². The van der Waals surface area contributed by atoms with Crippen LogP contribution in [0.4, 0.5) is 22.4 Å². The number of urea groups is 1. The summed E-state index contributed by atoms with van der Waals surface area (Å²) < 4.78 is 63.5. The number of ether oxygens (including phenoxy) is 2. The molecule has 0 aromatic heterocycles. The number of benzene rings is 1. The summed E-state index contributed by atoms with van der Waals surface area (Å²) >= 11 is 0. The first-order valence-corrected chi connectivity index (χ1v) is 10.6. The molecular formula is C21H25F4N3O4. The number of amides is 3. The van der Waals surface area contributed by atoms with Crippen LogP contribution < -0.4 is 10.1 Å². The van der Waals surface area contributed by atoms with E-state index in [2.05, 4.69) is 5.32 Å². The number of carbonyl (C=O) groups excluding carboxylic acids is 2. The van der Waals surface area contributed by atoms with Gasteiger partial charge in [0.25, 0.3) is 0 Å². The number of nitrogens with one attached hydrogen (secondary N) is 1. The maximum Gasteiger partial charge on any atom is 0.420 e. The average Bonchev–Trinajstić information content (AvgIpc) is 2.77. The van der Waals surface area contributed by atoms with Gasteiger partial charge in [-0.2, -0.15) is 13.2 Å². The number of fused-ring (bicyclic) bond motifs is 1. The monoisotopic (exact) mass is 459 g/mol. The summed E-state index contributed by atoms with van der Waals surface area (Å²) in [6.07, 6.45) is -2.95. The molecule has 0 unspecified atom stereocenters. The number of nitrogens with zero attached hydrogens (tertiary/aromatic N) is 2. The van der Waals surface area contributed by atoms with Crippen molar-refractivity contribution in [2.75, 3.05) is 39.4 Å². The lowest BCUT2D eigenvalue weighted by molar-refractivity contribution is -0.140. The summed E-state index contributed by atoms with van der Waals surface area (Å²) in [4.78, 5) is 27.9. The minimum absolute atomic E-state index is 0.0121. The number of carbonyl (C=O) groups is 2. The van der Waals surface area contributed by atoms with Crippen LogP contribution in [0.25, 0.3) is 0 Å². The number of rotatable bonds is 3. The van der Waals surface area contributed by atoms with Crippen LogP contribution in [-0.4, -0.2) is 73.3 Å². The second kappa shape index (κ2) is 9.13. The normalized spacial score (nSPS) is 24.7. The number of likely N-dealkylation sites (tertiary alicyclic amines) is 2. The molecule has 0 saturated carbocycles. The molecule has 2 atom stereocenters. The third-order valence-electron chi connectivity index (χ3n) is 6.20. The number of hydrogen-bond acceptors (Lipinski definition) is 4. The predicted octanol–water partition coefficient (Wildman–Crippen LogP) is 2.64. The fraction of sp³-hybridized carbons (Fsp3) is 0.619. The minimum Gasteiger partial charge on any atom is -0.493 e. The molecule has 3 amide bonds. The molecule has 0 aliphatic carbocycles. The largest absolute Gasteiger partial charge is 0.493 e. The van der Waals surface area contributed by atoms with Gasteiger partial charge in [-0.15, -0.1) is 0 Å². The number of halogens is 4. The van der Waals surface area contributed by atoms with Crippen LogP contribution in [0.2, 0.25) is 0 Å². The van der Waals surface area contributed by atoms with Gasteiger partial charge < -0.3 is 24.6 Å². The zero-order valence-corrected chi connectivity index (χ0v) is 17.4. The Balaban J connectivity index is 1.27. The van der Waals surface area contributed by atoms with Crippen molar-refractivity contribution in [3.63, 3.8) is 0 Å². The van der Waals surface area contributed by atoms with Crippen molar-refractivity contribution >= 4 is 11.9 Å². The zero-order valence-electron chi connectivity index (χ0n) is 17.4. The van der Waals surface area contributed by atoms with Crippen LogP contribution in [0, 0.1) is 11.7 Å². The highest BCUT2D eigenvalue weighted by Crippen LogP contribution is 2.37. The van der Waals surface area contributed by atoms with E-state index in [0.717, 1.165) is 12.1 Å². The molecule has 1 aromatic rings. The Labute approximate surface area is 182 Å². The van der Waals surface area contributed by atoms with E-state index in [-0.39, 0.29) is 43.2 Å². The number of alkyl halides is 3. The second-order valence-corrected chi connectivity index (χ2v) is 8.42. The Kier molecular flexibility index (Phi) is 6.45. The third-order valence-corrected chi connectivity index (χ3v) is 6.20. The van der Waals surface area contributed by atoms with Gasteiger partial charge in [0.2, 0.25) is 5.91 Å². The first-order chi connectivity index (χ1) is 15.2. The van der Waals surface area contributed by atoms with E-state index in [1.807, 2.05) is 0 Å². The lowest BCUT2D eigenvalue weighted by Crippen LogP contribution is -2.62. The summed E-state index contributed by atoms with van der Waals surface area (Å²) in [5.74, 6) is -1.56. The van der Waals surface area contributed by atoms with Crippen molar-refractivity contribution < 1.29 is 36.6 Å². The molecule has 0 spiro atoms. The molecule has 1 N–H and O–H groups in total. The molecule has 11 heteroatoms. The molecule has 1 aromatic carbocycles. The van der Waals surface area contributed by atoms with E-state index in [1.54, 1.807) is 9.80 Å². The molecular weight excluding hydrogens is 434 g/mol. The fourth-order valence-corrected chi connectivity index (χ4v) is 4.42. The van der Waals surface area contributed by atoms with Crippen LogP contribution in [-0.2, 0) is 15.7 Å². The first kappa shape index (κ1) is 22.6. The lowest BCUT2D eigenvalue weighted by atomic mass is 9.97. The van der Waals surface area contributed by atoms with Gasteiger partial charge in [0.05, 0.1) is 18.8 Å². The average molecular weight is 459 g/mol. The van der Waals surface area contributed by atoms with Crippen molar-refractivity contribution in [3.05, 3.63) is 29.6 Å². The standard InChI is InChI=1S/C21H25F4N3O4/c22-14-1-2-17(15(9-14)21(23,24)25)31-11-13-3-6-27(7-4-13)20(30)28-8-5-18-16(10-28)26-19(29)12-32-18/h1-2,9,13,16,18H,3-8,10-12H2,(H,26,29)/t16-,18+/m1/s1. The molecule has 32 heavy (non-hydrogen) atoms. The highest BCUT2D eigenvalue weighted by atomic mass is 19.4. The van der Waals surface area contributed by atoms with Crippen molar-refractivity contribution in [1.29, 1.82) is 0 Å². The van der Waals surface area contributed by atoms with Gasteiger partial charge in [-0.3, -0.25) is 4.79 Å². The van der Waals surface area contributed by atoms with E-state index in [1.165, 1.54) is 0 Å². The van der Waals surface area contributed by atoms with Gasteiger partial charge in [-0.05, 0) is 43.4 Å². The predicted molar refractivity (Wildman–Crippen MR) is 104 cm³/mol. The van der Waals surface area contributed by atoms with Gasteiger partial charge in [0.1, 0.15) is 23.7 Å². The molecule has 3 fully saturated rings. The summed E-state index contributed by atoms with van der Waals surface area (Å²) in [7, 11) is 0. The van der Waals surface area contributed by atoms with Gasteiger partial charge in [-0.1, -0.05) is 0 Å². The smallest absolute Gasteiger partial charge is 0.420 e. The second-order valence-electron chi connectivity index (χ2n) is 8.42. The van der Waals surface area contributed by atoms with Gasteiger partial charge in [-0.25, -0.2) is 9.18 Å². The fourth-order valence-electron chi connectivity index (χ4n) is 4.42.